The number of aryl methyl sites for hydroxylation is 1. The van der Waals surface area contributed by atoms with Crippen molar-refractivity contribution in [2.45, 2.75) is 27.4 Å². The maximum Gasteiger partial charge on any atom is 0.341 e. The second-order valence-electron chi connectivity index (χ2n) is 5.37. The summed E-state index contributed by atoms with van der Waals surface area (Å²) < 4.78 is 10.8. The van der Waals surface area contributed by atoms with Crippen LogP contribution < -0.4 is 5.32 Å². The standard InChI is InChI=1S/C17H16N2O4S2/c1-9-10(2)25-16(18-11(3)20)14(9)17(21)23-8-12-7-22-15(19-12)13-5-4-6-24-13/h4-7H,8H2,1-3H3,(H,18,20). The first-order valence-electron chi connectivity index (χ1n) is 7.48. The number of nitrogens with one attached hydrogen (secondary N) is 1. The van der Waals surface area contributed by atoms with Gasteiger partial charge in [-0.1, -0.05) is 6.07 Å². The summed E-state index contributed by atoms with van der Waals surface area (Å²) in [5.41, 5.74) is 1.72. The molecule has 3 rings (SSSR count). The molecule has 0 aliphatic rings. The van der Waals surface area contributed by atoms with Crippen LogP contribution in [0.5, 0.6) is 0 Å². The molecule has 1 N–H and O–H groups in total. The van der Waals surface area contributed by atoms with Crippen molar-refractivity contribution in [3.05, 3.63) is 45.5 Å². The fourth-order valence-corrected chi connectivity index (χ4v) is 3.97. The van der Waals surface area contributed by atoms with Crippen molar-refractivity contribution in [1.29, 1.82) is 0 Å². The summed E-state index contributed by atoms with van der Waals surface area (Å²) in [6.45, 7) is 5.13. The van der Waals surface area contributed by atoms with Crippen molar-refractivity contribution in [2.24, 2.45) is 0 Å². The Balaban J connectivity index is 1.72. The fraction of sp³-hybridized carbons (Fsp3) is 0.235. The largest absolute Gasteiger partial charge is 0.455 e. The van der Waals surface area contributed by atoms with E-state index >= 15 is 0 Å². The minimum absolute atomic E-state index is 0.00154. The van der Waals surface area contributed by atoms with Crippen molar-refractivity contribution >= 4 is 39.6 Å². The van der Waals surface area contributed by atoms with Gasteiger partial charge in [0.1, 0.15) is 23.6 Å². The molecule has 0 aliphatic heterocycles. The van der Waals surface area contributed by atoms with Crippen LogP contribution in [-0.4, -0.2) is 16.9 Å². The number of anilines is 1. The van der Waals surface area contributed by atoms with E-state index in [1.54, 1.807) is 0 Å². The van der Waals surface area contributed by atoms with Crippen LogP contribution >= 0.6 is 22.7 Å². The maximum atomic E-state index is 12.5. The Kier molecular flexibility index (Phi) is 5.00. The lowest BCUT2D eigenvalue weighted by molar-refractivity contribution is -0.114. The van der Waals surface area contributed by atoms with Gasteiger partial charge in [-0.15, -0.1) is 22.7 Å². The van der Waals surface area contributed by atoms with Crippen LogP contribution in [0.25, 0.3) is 10.8 Å². The molecule has 8 heteroatoms. The highest BCUT2D eigenvalue weighted by Crippen LogP contribution is 2.33. The lowest BCUT2D eigenvalue weighted by atomic mass is 10.1. The minimum Gasteiger partial charge on any atom is -0.455 e. The van der Waals surface area contributed by atoms with Gasteiger partial charge in [-0.05, 0) is 30.9 Å². The van der Waals surface area contributed by atoms with Crippen molar-refractivity contribution in [3.8, 4) is 10.8 Å². The molecule has 0 aromatic carbocycles. The number of amides is 1. The van der Waals surface area contributed by atoms with E-state index in [2.05, 4.69) is 10.3 Å². The summed E-state index contributed by atoms with van der Waals surface area (Å²) in [6, 6.07) is 3.82. The molecule has 0 fully saturated rings. The van der Waals surface area contributed by atoms with Crippen LogP contribution in [0, 0.1) is 13.8 Å². The summed E-state index contributed by atoms with van der Waals surface area (Å²) in [4.78, 5) is 30.0. The monoisotopic (exact) mass is 376 g/mol. The molecule has 1 amide bonds. The number of nitrogens with zero attached hydrogens (tertiary/aromatic N) is 1. The number of ether oxygens (including phenoxy) is 1. The third kappa shape index (κ3) is 3.80. The Morgan fingerprint density at radius 3 is 2.84 bits per heavy atom. The van der Waals surface area contributed by atoms with E-state index in [0.717, 1.165) is 15.3 Å². The highest BCUT2D eigenvalue weighted by atomic mass is 32.1. The Bertz CT molecular complexity index is 909. The number of carbonyl (C=O) groups excluding carboxylic acids is 2. The summed E-state index contributed by atoms with van der Waals surface area (Å²) in [6.07, 6.45) is 1.47. The van der Waals surface area contributed by atoms with Crippen LogP contribution in [0.15, 0.2) is 28.2 Å². The zero-order chi connectivity index (χ0) is 18.0. The lowest BCUT2D eigenvalue weighted by Crippen LogP contribution is -2.12. The predicted molar refractivity (Wildman–Crippen MR) is 97.0 cm³/mol. The zero-order valence-electron chi connectivity index (χ0n) is 13.9. The topological polar surface area (TPSA) is 81.4 Å². The number of hydrogen-bond donors (Lipinski definition) is 1. The maximum absolute atomic E-state index is 12.5. The number of thiophene rings is 2. The Morgan fingerprint density at radius 1 is 1.36 bits per heavy atom. The molecule has 0 unspecified atom stereocenters. The van der Waals surface area contributed by atoms with Crippen LogP contribution in [-0.2, 0) is 16.1 Å². The molecule has 0 radical (unpaired) electrons. The van der Waals surface area contributed by atoms with Gasteiger partial charge < -0.3 is 14.5 Å². The van der Waals surface area contributed by atoms with Crippen molar-refractivity contribution in [3.63, 3.8) is 0 Å². The average molecular weight is 376 g/mol. The van der Waals surface area contributed by atoms with Gasteiger partial charge in [0.05, 0.1) is 10.4 Å². The average Bonchev–Trinajstić information content (AvgIpc) is 3.27. The van der Waals surface area contributed by atoms with Gasteiger partial charge in [0.15, 0.2) is 0 Å². The van der Waals surface area contributed by atoms with E-state index in [-0.39, 0.29) is 12.5 Å². The van der Waals surface area contributed by atoms with Gasteiger partial charge in [0.25, 0.3) is 0 Å². The van der Waals surface area contributed by atoms with Gasteiger partial charge in [0, 0.05) is 11.8 Å². The van der Waals surface area contributed by atoms with Gasteiger partial charge in [0.2, 0.25) is 11.8 Å². The smallest absolute Gasteiger partial charge is 0.341 e. The normalized spacial score (nSPS) is 10.7. The molecular weight excluding hydrogens is 360 g/mol. The van der Waals surface area contributed by atoms with Crippen LogP contribution in [0.2, 0.25) is 0 Å². The van der Waals surface area contributed by atoms with Crippen LogP contribution in [0.1, 0.15) is 33.4 Å². The third-order valence-corrected chi connectivity index (χ3v) is 5.49. The number of oxazole rings is 1. The molecule has 0 saturated carbocycles. The molecule has 6 nitrogen and oxygen atoms in total. The number of rotatable bonds is 5. The third-order valence-electron chi connectivity index (χ3n) is 3.51. The molecule has 0 spiro atoms. The first-order valence-corrected chi connectivity index (χ1v) is 9.18. The summed E-state index contributed by atoms with van der Waals surface area (Å²) >= 11 is 2.88. The molecule has 3 heterocycles. The number of carbonyl (C=O) groups is 2. The lowest BCUT2D eigenvalue weighted by Gasteiger charge is -2.06. The SMILES string of the molecule is CC(=O)Nc1sc(C)c(C)c1C(=O)OCc1coc(-c2cccs2)n1. The quantitative estimate of drug-likeness (QED) is 0.668. The van der Waals surface area contributed by atoms with Crippen molar-refractivity contribution < 1.29 is 18.7 Å². The van der Waals surface area contributed by atoms with Crippen molar-refractivity contribution in [2.75, 3.05) is 5.32 Å². The molecule has 130 valence electrons. The van der Waals surface area contributed by atoms with Gasteiger partial charge in [-0.3, -0.25) is 4.79 Å². The van der Waals surface area contributed by atoms with Crippen LogP contribution in [0.3, 0.4) is 0 Å². The van der Waals surface area contributed by atoms with E-state index in [1.165, 1.54) is 35.9 Å². The fourth-order valence-electron chi connectivity index (χ4n) is 2.22. The number of aromatic nitrogens is 1. The minimum atomic E-state index is -0.494. The number of esters is 1. The Hall–Kier alpha value is -2.45. The van der Waals surface area contributed by atoms with Gasteiger partial charge >= 0.3 is 5.97 Å². The van der Waals surface area contributed by atoms with Crippen LogP contribution in [0.4, 0.5) is 5.00 Å². The summed E-state index contributed by atoms with van der Waals surface area (Å²) in [5, 5.41) is 5.12. The molecule has 0 bridgehead atoms. The molecule has 3 aromatic rings. The molecular formula is C17H16N2O4S2. The van der Waals surface area contributed by atoms with E-state index in [0.29, 0.717) is 22.1 Å². The summed E-state index contributed by atoms with van der Waals surface area (Å²) in [7, 11) is 0. The summed E-state index contributed by atoms with van der Waals surface area (Å²) in [5.74, 6) is -0.221. The van der Waals surface area contributed by atoms with Gasteiger partial charge in [-0.2, -0.15) is 0 Å². The highest BCUT2D eigenvalue weighted by molar-refractivity contribution is 7.16. The zero-order valence-corrected chi connectivity index (χ0v) is 15.5. The first kappa shape index (κ1) is 17.4. The van der Waals surface area contributed by atoms with E-state index < -0.39 is 5.97 Å². The molecule has 0 saturated heterocycles. The predicted octanol–water partition coefficient (Wildman–Crippen LogP) is 4.40. The van der Waals surface area contributed by atoms with E-state index in [4.69, 9.17) is 9.15 Å². The highest BCUT2D eigenvalue weighted by Gasteiger charge is 2.22. The molecule has 0 atom stereocenters. The molecule has 3 aromatic heterocycles. The van der Waals surface area contributed by atoms with E-state index in [1.807, 2.05) is 31.4 Å². The molecule has 25 heavy (non-hydrogen) atoms. The van der Waals surface area contributed by atoms with Crippen molar-refractivity contribution in [1.82, 2.24) is 4.98 Å². The number of hydrogen-bond acceptors (Lipinski definition) is 7. The first-order chi connectivity index (χ1) is 12.0. The Labute approximate surface area is 152 Å². The van der Waals surface area contributed by atoms with E-state index in [9.17, 15) is 9.59 Å². The Morgan fingerprint density at radius 2 is 2.16 bits per heavy atom. The second kappa shape index (κ2) is 7.20. The van der Waals surface area contributed by atoms with Gasteiger partial charge in [-0.25, -0.2) is 9.78 Å². The second-order valence-corrected chi connectivity index (χ2v) is 7.54. The molecule has 0 aliphatic carbocycles.